The van der Waals surface area contributed by atoms with Crippen LogP contribution in [0.1, 0.15) is 41.2 Å². The van der Waals surface area contributed by atoms with E-state index in [1.54, 1.807) is 0 Å². The SMILES string of the molecule is Cc1nc(C2(c3ccccc3)CC2)nc2c1CNCC2. The van der Waals surface area contributed by atoms with Crippen molar-refractivity contribution in [1.82, 2.24) is 15.3 Å². The van der Waals surface area contributed by atoms with Crippen molar-refractivity contribution in [3.63, 3.8) is 0 Å². The number of aryl methyl sites for hydroxylation is 1. The van der Waals surface area contributed by atoms with Crippen LogP contribution in [0.25, 0.3) is 0 Å². The standard InChI is InChI=1S/C17H19N3/c1-12-14-11-18-10-7-15(14)20-16(19-12)17(8-9-17)13-5-3-2-4-6-13/h2-6,18H,7-11H2,1H3. The molecule has 3 heteroatoms. The fourth-order valence-electron chi connectivity index (χ4n) is 3.25. The summed E-state index contributed by atoms with van der Waals surface area (Å²) < 4.78 is 0. The van der Waals surface area contributed by atoms with E-state index in [4.69, 9.17) is 9.97 Å². The van der Waals surface area contributed by atoms with E-state index in [0.29, 0.717) is 0 Å². The van der Waals surface area contributed by atoms with Gasteiger partial charge in [0.2, 0.25) is 0 Å². The van der Waals surface area contributed by atoms with Gasteiger partial charge in [-0.25, -0.2) is 9.97 Å². The highest BCUT2D eigenvalue weighted by molar-refractivity contribution is 5.41. The minimum absolute atomic E-state index is 0.0892. The molecule has 0 atom stereocenters. The largest absolute Gasteiger partial charge is 0.312 e. The van der Waals surface area contributed by atoms with Gasteiger partial charge in [-0.05, 0) is 25.3 Å². The van der Waals surface area contributed by atoms with Crippen LogP contribution in [0.15, 0.2) is 30.3 Å². The Hall–Kier alpha value is -1.74. The predicted octanol–water partition coefficient (Wildman–Crippen LogP) is 2.51. The molecule has 1 aromatic carbocycles. The summed E-state index contributed by atoms with van der Waals surface area (Å²) in [7, 11) is 0. The molecule has 1 aliphatic carbocycles. The van der Waals surface area contributed by atoms with Gasteiger partial charge in [-0.2, -0.15) is 0 Å². The van der Waals surface area contributed by atoms with Crippen molar-refractivity contribution in [3.05, 3.63) is 58.7 Å². The van der Waals surface area contributed by atoms with Gasteiger partial charge in [-0.15, -0.1) is 0 Å². The molecule has 2 heterocycles. The molecule has 102 valence electrons. The molecule has 1 aliphatic heterocycles. The lowest BCUT2D eigenvalue weighted by Gasteiger charge is -2.22. The maximum Gasteiger partial charge on any atom is 0.139 e. The van der Waals surface area contributed by atoms with Crippen LogP contribution in [0.5, 0.6) is 0 Å². The fraction of sp³-hybridized carbons (Fsp3) is 0.412. The third-order valence-corrected chi connectivity index (χ3v) is 4.64. The molecule has 1 saturated carbocycles. The number of rotatable bonds is 2. The fourth-order valence-corrected chi connectivity index (χ4v) is 3.25. The van der Waals surface area contributed by atoms with Crippen LogP contribution in [0.4, 0.5) is 0 Å². The molecule has 20 heavy (non-hydrogen) atoms. The first-order chi connectivity index (χ1) is 9.79. The first-order valence-electron chi connectivity index (χ1n) is 7.43. The lowest BCUT2D eigenvalue weighted by Crippen LogP contribution is -2.28. The number of benzene rings is 1. The monoisotopic (exact) mass is 265 g/mol. The van der Waals surface area contributed by atoms with Crippen molar-refractivity contribution < 1.29 is 0 Å². The normalized spacial score (nSPS) is 19.4. The van der Waals surface area contributed by atoms with Gasteiger partial charge in [0.15, 0.2) is 0 Å². The second-order valence-electron chi connectivity index (χ2n) is 5.93. The summed E-state index contributed by atoms with van der Waals surface area (Å²) in [6, 6.07) is 10.7. The van der Waals surface area contributed by atoms with E-state index in [-0.39, 0.29) is 5.41 Å². The Morgan fingerprint density at radius 2 is 1.90 bits per heavy atom. The van der Waals surface area contributed by atoms with E-state index in [1.165, 1.54) is 29.7 Å². The average molecular weight is 265 g/mol. The van der Waals surface area contributed by atoms with Crippen LogP contribution in [0.3, 0.4) is 0 Å². The van der Waals surface area contributed by atoms with Crippen LogP contribution in [0, 0.1) is 6.92 Å². The summed E-state index contributed by atoms with van der Waals surface area (Å²) in [5.74, 6) is 1.04. The summed E-state index contributed by atoms with van der Waals surface area (Å²) in [5, 5.41) is 3.41. The summed E-state index contributed by atoms with van der Waals surface area (Å²) >= 11 is 0. The third-order valence-electron chi connectivity index (χ3n) is 4.64. The van der Waals surface area contributed by atoms with Crippen LogP contribution >= 0.6 is 0 Å². The number of aromatic nitrogens is 2. The zero-order valence-corrected chi connectivity index (χ0v) is 11.8. The van der Waals surface area contributed by atoms with Gasteiger partial charge in [0.25, 0.3) is 0 Å². The molecule has 0 saturated heterocycles. The average Bonchev–Trinajstić information content (AvgIpc) is 3.30. The van der Waals surface area contributed by atoms with E-state index in [9.17, 15) is 0 Å². The molecule has 3 nitrogen and oxygen atoms in total. The van der Waals surface area contributed by atoms with Gasteiger partial charge in [0.05, 0.1) is 11.1 Å². The van der Waals surface area contributed by atoms with E-state index in [0.717, 1.165) is 31.0 Å². The predicted molar refractivity (Wildman–Crippen MR) is 78.6 cm³/mol. The second kappa shape index (κ2) is 4.38. The highest BCUT2D eigenvalue weighted by atomic mass is 15.0. The maximum absolute atomic E-state index is 4.93. The molecule has 1 fully saturated rings. The molecule has 1 N–H and O–H groups in total. The van der Waals surface area contributed by atoms with Gasteiger partial charge in [0.1, 0.15) is 5.82 Å². The number of nitrogens with zero attached hydrogens (tertiary/aromatic N) is 2. The van der Waals surface area contributed by atoms with Crippen LogP contribution in [-0.2, 0) is 18.4 Å². The van der Waals surface area contributed by atoms with E-state index in [1.807, 2.05) is 0 Å². The van der Waals surface area contributed by atoms with Crippen molar-refractivity contribution in [2.45, 2.75) is 38.1 Å². The van der Waals surface area contributed by atoms with E-state index in [2.05, 4.69) is 42.6 Å². The van der Waals surface area contributed by atoms with Crippen molar-refractivity contribution >= 4 is 0 Å². The molecule has 4 rings (SSSR count). The Labute approximate surface area is 119 Å². The summed E-state index contributed by atoms with van der Waals surface area (Å²) in [6.07, 6.45) is 3.37. The van der Waals surface area contributed by atoms with Crippen LogP contribution < -0.4 is 5.32 Å². The summed E-state index contributed by atoms with van der Waals surface area (Å²) in [5.41, 5.74) is 5.18. The number of nitrogens with one attached hydrogen (secondary N) is 1. The lowest BCUT2D eigenvalue weighted by molar-refractivity contribution is 0.605. The Morgan fingerprint density at radius 1 is 1.10 bits per heavy atom. The van der Waals surface area contributed by atoms with Crippen molar-refractivity contribution in [2.24, 2.45) is 0 Å². The molecule has 0 unspecified atom stereocenters. The Morgan fingerprint density at radius 3 is 2.65 bits per heavy atom. The molecule has 0 bridgehead atoms. The highest BCUT2D eigenvalue weighted by Gasteiger charge is 2.48. The van der Waals surface area contributed by atoms with Crippen molar-refractivity contribution in [2.75, 3.05) is 6.54 Å². The quantitative estimate of drug-likeness (QED) is 0.906. The zero-order chi connectivity index (χ0) is 13.6. The van der Waals surface area contributed by atoms with Gasteiger partial charge in [-0.3, -0.25) is 0 Å². The van der Waals surface area contributed by atoms with Crippen molar-refractivity contribution in [1.29, 1.82) is 0 Å². The molecular weight excluding hydrogens is 246 g/mol. The summed E-state index contributed by atoms with van der Waals surface area (Å²) in [4.78, 5) is 9.78. The Balaban J connectivity index is 1.81. The van der Waals surface area contributed by atoms with E-state index < -0.39 is 0 Å². The second-order valence-corrected chi connectivity index (χ2v) is 5.93. The first-order valence-corrected chi connectivity index (χ1v) is 7.43. The lowest BCUT2D eigenvalue weighted by atomic mass is 9.94. The highest BCUT2D eigenvalue weighted by Crippen LogP contribution is 2.52. The Kier molecular flexibility index (Phi) is 2.64. The molecule has 0 amide bonds. The zero-order valence-electron chi connectivity index (χ0n) is 11.8. The minimum Gasteiger partial charge on any atom is -0.312 e. The molecule has 0 radical (unpaired) electrons. The maximum atomic E-state index is 4.93. The number of hydrogen-bond donors (Lipinski definition) is 1. The molecule has 2 aromatic rings. The molecular formula is C17H19N3. The third kappa shape index (κ3) is 1.77. The topological polar surface area (TPSA) is 37.8 Å². The van der Waals surface area contributed by atoms with Gasteiger partial charge >= 0.3 is 0 Å². The van der Waals surface area contributed by atoms with Gasteiger partial charge in [-0.1, -0.05) is 30.3 Å². The molecule has 2 aliphatic rings. The van der Waals surface area contributed by atoms with Crippen LogP contribution in [0.2, 0.25) is 0 Å². The Bertz CT molecular complexity index is 645. The minimum atomic E-state index is 0.0892. The molecule has 1 aromatic heterocycles. The van der Waals surface area contributed by atoms with Crippen LogP contribution in [-0.4, -0.2) is 16.5 Å². The number of hydrogen-bond acceptors (Lipinski definition) is 3. The number of fused-ring (bicyclic) bond motifs is 1. The summed E-state index contributed by atoms with van der Waals surface area (Å²) in [6.45, 7) is 4.07. The first kappa shape index (κ1) is 12.0. The van der Waals surface area contributed by atoms with Crippen molar-refractivity contribution in [3.8, 4) is 0 Å². The van der Waals surface area contributed by atoms with Gasteiger partial charge < -0.3 is 5.32 Å². The van der Waals surface area contributed by atoms with Gasteiger partial charge in [0, 0.05) is 30.8 Å². The molecule has 0 spiro atoms. The van der Waals surface area contributed by atoms with E-state index >= 15 is 0 Å². The smallest absolute Gasteiger partial charge is 0.139 e.